The summed E-state index contributed by atoms with van der Waals surface area (Å²) in [4.78, 5) is 24.6. The van der Waals surface area contributed by atoms with Crippen molar-refractivity contribution in [2.24, 2.45) is 7.05 Å². The molecule has 0 aliphatic heterocycles. The average molecular weight is 378 g/mol. The van der Waals surface area contributed by atoms with E-state index in [1.807, 2.05) is 30.3 Å². The Kier molecular flexibility index (Phi) is 6.06. The largest absolute Gasteiger partial charge is 0.497 e. The number of methoxy groups -OCH3 is 1. The van der Waals surface area contributed by atoms with E-state index in [9.17, 15) is 9.59 Å². The van der Waals surface area contributed by atoms with Gasteiger partial charge in [-0.05, 0) is 36.2 Å². The van der Waals surface area contributed by atoms with Gasteiger partial charge in [-0.25, -0.2) is 0 Å². The molecule has 2 amide bonds. The highest BCUT2D eigenvalue weighted by Crippen LogP contribution is 2.17. The molecule has 2 N–H and O–H groups in total. The van der Waals surface area contributed by atoms with Gasteiger partial charge in [0.15, 0.2) is 5.69 Å². The van der Waals surface area contributed by atoms with Crippen LogP contribution in [-0.4, -0.2) is 28.7 Å². The molecule has 3 rings (SSSR count). The maximum absolute atomic E-state index is 12.4. The molecule has 0 spiro atoms. The first-order valence-corrected chi connectivity index (χ1v) is 8.88. The van der Waals surface area contributed by atoms with E-state index in [-0.39, 0.29) is 17.5 Å². The van der Waals surface area contributed by atoms with Crippen molar-refractivity contribution in [3.05, 3.63) is 71.9 Å². The fourth-order valence-corrected chi connectivity index (χ4v) is 2.67. The Morgan fingerprint density at radius 3 is 2.43 bits per heavy atom. The maximum atomic E-state index is 12.4. The van der Waals surface area contributed by atoms with Crippen LogP contribution in [0.15, 0.2) is 60.7 Å². The summed E-state index contributed by atoms with van der Waals surface area (Å²) in [5.74, 6) is 0.689. The lowest BCUT2D eigenvalue weighted by molar-refractivity contribution is -0.116. The highest BCUT2D eigenvalue weighted by molar-refractivity contribution is 6.04. The number of ether oxygens (including phenoxy) is 1. The monoisotopic (exact) mass is 378 g/mol. The maximum Gasteiger partial charge on any atom is 0.276 e. The number of carbonyl (C=O) groups is 2. The molecule has 7 nitrogen and oxygen atoms in total. The summed E-state index contributed by atoms with van der Waals surface area (Å²) >= 11 is 0. The number of benzene rings is 2. The van der Waals surface area contributed by atoms with Crippen LogP contribution in [0.1, 0.15) is 22.5 Å². The minimum Gasteiger partial charge on any atom is -0.497 e. The second-order valence-corrected chi connectivity index (χ2v) is 6.25. The molecule has 0 aliphatic carbocycles. The number of nitrogens with zero attached hydrogens (tertiary/aromatic N) is 2. The fourth-order valence-electron chi connectivity index (χ4n) is 2.67. The normalized spacial score (nSPS) is 10.4. The Morgan fingerprint density at radius 1 is 1.04 bits per heavy atom. The number of aryl methyl sites for hydroxylation is 2. The summed E-state index contributed by atoms with van der Waals surface area (Å²) in [5.41, 5.74) is 1.95. The molecular formula is C21H22N4O3. The lowest BCUT2D eigenvalue weighted by atomic mass is 10.1. The van der Waals surface area contributed by atoms with E-state index in [0.29, 0.717) is 30.1 Å². The van der Waals surface area contributed by atoms with Crippen LogP contribution in [0.4, 0.5) is 11.5 Å². The van der Waals surface area contributed by atoms with Gasteiger partial charge in [-0.1, -0.05) is 30.3 Å². The molecule has 7 heteroatoms. The zero-order chi connectivity index (χ0) is 19.9. The molecule has 0 bridgehead atoms. The highest BCUT2D eigenvalue weighted by Gasteiger charge is 2.15. The molecule has 0 fully saturated rings. The first kappa shape index (κ1) is 19.2. The lowest BCUT2D eigenvalue weighted by Crippen LogP contribution is -2.14. The van der Waals surface area contributed by atoms with Gasteiger partial charge in [0.05, 0.1) is 7.11 Å². The van der Waals surface area contributed by atoms with E-state index in [1.165, 1.54) is 4.68 Å². The Morgan fingerprint density at radius 2 is 1.75 bits per heavy atom. The summed E-state index contributed by atoms with van der Waals surface area (Å²) in [6.07, 6.45) is 0.998. The molecule has 0 aliphatic rings. The van der Waals surface area contributed by atoms with Crippen molar-refractivity contribution in [3.8, 4) is 5.75 Å². The van der Waals surface area contributed by atoms with Crippen molar-refractivity contribution in [1.82, 2.24) is 9.78 Å². The molecular weight excluding hydrogens is 356 g/mol. The van der Waals surface area contributed by atoms with E-state index in [0.717, 1.165) is 5.56 Å². The molecule has 0 atom stereocenters. The van der Waals surface area contributed by atoms with E-state index in [1.54, 1.807) is 44.5 Å². The molecule has 0 radical (unpaired) electrons. The van der Waals surface area contributed by atoms with Crippen LogP contribution >= 0.6 is 0 Å². The third-order valence-electron chi connectivity index (χ3n) is 4.21. The zero-order valence-electron chi connectivity index (χ0n) is 15.8. The van der Waals surface area contributed by atoms with Crippen LogP contribution in [0.3, 0.4) is 0 Å². The van der Waals surface area contributed by atoms with Gasteiger partial charge in [0.25, 0.3) is 5.91 Å². The number of nitrogens with one attached hydrogen (secondary N) is 2. The first-order valence-electron chi connectivity index (χ1n) is 8.88. The Balaban J connectivity index is 1.58. The third-order valence-corrected chi connectivity index (χ3v) is 4.21. The number of rotatable bonds is 7. The first-order chi connectivity index (χ1) is 13.5. The van der Waals surface area contributed by atoms with Gasteiger partial charge in [0, 0.05) is 25.2 Å². The molecule has 3 aromatic rings. The van der Waals surface area contributed by atoms with Crippen LogP contribution in [0.2, 0.25) is 0 Å². The average Bonchev–Trinajstić information content (AvgIpc) is 3.08. The van der Waals surface area contributed by atoms with Gasteiger partial charge >= 0.3 is 0 Å². The van der Waals surface area contributed by atoms with Crippen molar-refractivity contribution in [2.75, 3.05) is 17.7 Å². The number of anilines is 2. The van der Waals surface area contributed by atoms with Gasteiger partial charge in [-0.15, -0.1) is 0 Å². The van der Waals surface area contributed by atoms with Gasteiger partial charge in [0.1, 0.15) is 11.6 Å². The van der Waals surface area contributed by atoms with E-state index in [2.05, 4.69) is 15.7 Å². The standard InChI is InChI=1S/C21H22N4O3/c1-25-19(23-20(26)13-8-15-6-4-3-5-7-15)14-18(24-25)21(27)22-16-9-11-17(28-2)12-10-16/h3-7,9-12,14H,8,13H2,1-2H3,(H,22,27)(H,23,26). The number of hydrogen-bond acceptors (Lipinski definition) is 4. The summed E-state index contributed by atoms with van der Waals surface area (Å²) in [7, 11) is 3.26. The van der Waals surface area contributed by atoms with E-state index < -0.39 is 0 Å². The predicted octanol–water partition coefficient (Wildman–Crippen LogP) is 3.25. The molecule has 144 valence electrons. The fraction of sp³-hybridized carbons (Fsp3) is 0.190. The smallest absolute Gasteiger partial charge is 0.276 e. The van der Waals surface area contributed by atoms with E-state index in [4.69, 9.17) is 4.74 Å². The second kappa shape index (κ2) is 8.85. The minimum absolute atomic E-state index is 0.131. The second-order valence-electron chi connectivity index (χ2n) is 6.25. The summed E-state index contributed by atoms with van der Waals surface area (Å²) < 4.78 is 6.57. The van der Waals surface area contributed by atoms with Crippen LogP contribution in [-0.2, 0) is 18.3 Å². The number of hydrogen-bond donors (Lipinski definition) is 2. The van der Waals surface area contributed by atoms with Crippen molar-refractivity contribution in [2.45, 2.75) is 12.8 Å². The van der Waals surface area contributed by atoms with Gasteiger partial charge in [-0.2, -0.15) is 5.10 Å². The summed E-state index contributed by atoms with van der Waals surface area (Å²) in [6, 6.07) is 18.4. The predicted molar refractivity (Wildman–Crippen MR) is 108 cm³/mol. The molecule has 0 saturated heterocycles. The quantitative estimate of drug-likeness (QED) is 0.661. The molecule has 28 heavy (non-hydrogen) atoms. The third kappa shape index (κ3) is 4.97. The molecule has 0 saturated carbocycles. The molecule has 1 heterocycles. The van der Waals surface area contributed by atoms with Crippen LogP contribution in [0.25, 0.3) is 0 Å². The molecule has 2 aromatic carbocycles. The van der Waals surface area contributed by atoms with E-state index >= 15 is 0 Å². The van der Waals surface area contributed by atoms with Crippen molar-refractivity contribution >= 4 is 23.3 Å². The number of carbonyl (C=O) groups excluding carboxylic acids is 2. The minimum atomic E-state index is -0.356. The number of aromatic nitrogens is 2. The highest BCUT2D eigenvalue weighted by atomic mass is 16.5. The SMILES string of the molecule is COc1ccc(NC(=O)c2cc(NC(=O)CCc3ccccc3)n(C)n2)cc1. The Labute approximate surface area is 163 Å². The van der Waals surface area contributed by atoms with Gasteiger partial charge < -0.3 is 15.4 Å². The van der Waals surface area contributed by atoms with Gasteiger partial charge in [0.2, 0.25) is 5.91 Å². The van der Waals surface area contributed by atoms with Crippen molar-refractivity contribution < 1.29 is 14.3 Å². The van der Waals surface area contributed by atoms with Crippen LogP contribution in [0.5, 0.6) is 5.75 Å². The van der Waals surface area contributed by atoms with Crippen LogP contribution in [0, 0.1) is 0 Å². The lowest BCUT2D eigenvalue weighted by Gasteiger charge is -2.05. The van der Waals surface area contributed by atoms with Crippen LogP contribution < -0.4 is 15.4 Å². The Bertz CT molecular complexity index is 950. The number of amides is 2. The van der Waals surface area contributed by atoms with Crippen molar-refractivity contribution in [1.29, 1.82) is 0 Å². The molecule has 1 aromatic heterocycles. The van der Waals surface area contributed by atoms with Gasteiger partial charge in [-0.3, -0.25) is 14.3 Å². The zero-order valence-corrected chi connectivity index (χ0v) is 15.8. The summed E-state index contributed by atoms with van der Waals surface area (Å²) in [5, 5.41) is 9.74. The van der Waals surface area contributed by atoms with Crippen molar-refractivity contribution in [3.63, 3.8) is 0 Å². The Hall–Kier alpha value is -3.61. The molecule has 0 unspecified atom stereocenters. The summed E-state index contributed by atoms with van der Waals surface area (Å²) in [6.45, 7) is 0. The topological polar surface area (TPSA) is 85.3 Å².